The third-order valence-corrected chi connectivity index (χ3v) is 3.75. The van der Waals surface area contributed by atoms with E-state index in [2.05, 4.69) is 21.4 Å². The molecule has 2 nitrogen and oxygen atoms in total. The van der Waals surface area contributed by atoms with Gasteiger partial charge in [-0.05, 0) is 6.07 Å². The van der Waals surface area contributed by atoms with E-state index in [0.717, 1.165) is 28.8 Å². The molecule has 1 aromatic rings. The highest BCUT2D eigenvalue weighted by atomic mass is 79.9. The van der Waals surface area contributed by atoms with Crippen molar-refractivity contribution in [2.24, 2.45) is 4.99 Å². The summed E-state index contributed by atoms with van der Waals surface area (Å²) in [6.45, 7) is 1.86. The maximum Gasteiger partial charge on any atom is 0.168 e. The van der Waals surface area contributed by atoms with Crippen LogP contribution in [0.2, 0.25) is 5.02 Å². The second-order valence-electron chi connectivity index (χ2n) is 3.42. The van der Waals surface area contributed by atoms with Gasteiger partial charge in [0.05, 0.1) is 12.2 Å². The zero-order valence-electron chi connectivity index (χ0n) is 8.39. The molecule has 0 bridgehead atoms. The van der Waals surface area contributed by atoms with Gasteiger partial charge in [0.25, 0.3) is 0 Å². The highest BCUT2D eigenvalue weighted by molar-refractivity contribution is 8.93. The van der Waals surface area contributed by atoms with Crippen LogP contribution in [-0.2, 0) is 0 Å². The van der Waals surface area contributed by atoms with Crippen molar-refractivity contribution in [3.05, 3.63) is 40.3 Å². The molecular formula is C11H10BrClN2S. The van der Waals surface area contributed by atoms with Crippen LogP contribution in [0.1, 0.15) is 5.56 Å². The highest BCUT2D eigenvalue weighted by Gasteiger charge is 2.27. The van der Waals surface area contributed by atoms with E-state index in [0.29, 0.717) is 0 Å². The smallest absolute Gasteiger partial charge is 0.168 e. The van der Waals surface area contributed by atoms with E-state index in [1.54, 1.807) is 11.8 Å². The summed E-state index contributed by atoms with van der Waals surface area (Å²) >= 11 is 7.86. The van der Waals surface area contributed by atoms with Crippen molar-refractivity contribution in [1.29, 1.82) is 0 Å². The lowest BCUT2D eigenvalue weighted by molar-refractivity contribution is 0.650. The molecule has 0 atom stereocenters. The maximum atomic E-state index is 6.18. The molecule has 2 heterocycles. The molecule has 0 amide bonds. The van der Waals surface area contributed by atoms with E-state index >= 15 is 0 Å². The zero-order valence-corrected chi connectivity index (χ0v) is 11.7. The Hall–Kier alpha value is -0.450. The van der Waals surface area contributed by atoms with Crippen LogP contribution >= 0.6 is 40.3 Å². The topological polar surface area (TPSA) is 15.6 Å². The van der Waals surface area contributed by atoms with Gasteiger partial charge in [0.15, 0.2) is 5.17 Å². The molecule has 0 spiro atoms. The predicted molar refractivity (Wildman–Crippen MR) is 76.4 cm³/mol. The van der Waals surface area contributed by atoms with Crippen molar-refractivity contribution in [3.8, 4) is 0 Å². The molecule has 0 saturated carbocycles. The first-order valence-corrected chi connectivity index (χ1v) is 6.06. The third-order valence-electron chi connectivity index (χ3n) is 2.52. The molecule has 0 radical (unpaired) electrons. The van der Waals surface area contributed by atoms with Crippen LogP contribution in [0.25, 0.3) is 5.70 Å². The minimum atomic E-state index is 0. The Morgan fingerprint density at radius 3 is 2.94 bits per heavy atom. The van der Waals surface area contributed by atoms with Crippen LogP contribution in [-0.4, -0.2) is 23.2 Å². The van der Waals surface area contributed by atoms with E-state index in [9.17, 15) is 0 Å². The summed E-state index contributed by atoms with van der Waals surface area (Å²) in [6, 6.07) is 7.94. The summed E-state index contributed by atoms with van der Waals surface area (Å²) in [7, 11) is 0. The molecular weight excluding hydrogens is 308 g/mol. The van der Waals surface area contributed by atoms with Gasteiger partial charge < -0.3 is 4.90 Å². The SMILES string of the molecule is Br.Clc1ccccc1C1=CSC2=NCCN12. The molecule has 2 aliphatic rings. The first-order chi connectivity index (χ1) is 7.36. The second-order valence-corrected chi connectivity index (χ2v) is 4.66. The second kappa shape index (κ2) is 4.82. The average molecular weight is 318 g/mol. The fourth-order valence-corrected chi connectivity index (χ4v) is 2.99. The number of aliphatic imine (C=N–C) groups is 1. The van der Waals surface area contributed by atoms with Crippen LogP contribution in [0.15, 0.2) is 34.7 Å². The number of rotatable bonds is 1. The van der Waals surface area contributed by atoms with Crippen LogP contribution in [0.4, 0.5) is 0 Å². The number of benzene rings is 1. The fourth-order valence-electron chi connectivity index (χ4n) is 1.80. The summed E-state index contributed by atoms with van der Waals surface area (Å²) in [5.41, 5.74) is 2.28. The molecule has 0 unspecified atom stereocenters. The number of hydrogen-bond acceptors (Lipinski definition) is 3. The van der Waals surface area contributed by atoms with Crippen LogP contribution in [0.3, 0.4) is 0 Å². The van der Waals surface area contributed by atoms with Crippen molar-refractivity contribution >= 4 is 51.2 Å². The Morgan fingerprint density at radius 2 is 2.12 bits per heavy atom. The quantitative estimate of drug-likeness (QED) is 0.786. The minimum Gasteiger partial charge on any atom is -0.318 e. The first kappa shape index (κ1) is 12.0. The van der Waals surface area contributed by atoms with Gasteiger partial charge in [-0.15, -0.1) is 17.0 Å². The molecule has 2 aliphatic heterocycles. The number of thioether (sulfide) groups is 1. The van der Waals surface area contributed by atoms with E-state index < -0.39 is 0 Å². The largest absolute Gasteiger partial charge is 0.318 e. The van der Waals surface area contributed by atoms with E-state index in [1.807, 2.05) is 18.2 Å². The number of fused-ring (bicyclic) bond motifs is 1. The van der Waals surface area contributed by atoms with Gasteiger partial charge in [-0.2, -0.15) is 0 Å². The van der Waals surface area contributed by atoms with Gasteiger partial charge in [0, 0.05) is 22.5 Å². The Bertz CT molecular complexity index is 473. The molecule has 0 N–H and O–H groups in total. The molecule has 0 saturated heterocycles. The van der Waals surface area contributed by atoms with Crippen LogP contribution in [0, 0.1) is 0 Å². The molecule has 0 aromatic heterocycles. The lowest BCUT2D eigenvalue weighted by Crippen LogP contribution is -2.19. The van der Waals surface area contributed by atoms with Crippen LogP contribution in [0.5, 0.6) is 0 Å². The predicted octanol–water partition coefficient (Wildman–Crippen LogP) is 3.63. The van der Waals surface area contributed by atoms with E-state index in [-0.39, 0.29) is 17.0 Å². The van der Waals surface area contributed by atoms with Crippen molar-refractivity contribution in [2.45, 2.75) is 0 Å². The fraction of sp³-hybridized carbons (Fsp3) is 0.182. The number of hydrogen-bond donors (Lipinski definition) is 0. The number of halogens is 2. The van der Waals surface area contributed by atoms with Gasteiger partial charge >= 0.3 is 0 Å². The van der Waals surface area contributed by atoms with Crippen molar-refractivity contribution in [3.63, 3.8) is 0 Å². The van der Waals surface area contributed by atoms with Gasteiger partial charge in [0.1, 0.15) is 0 Å². The van der Waals surface area contributed by atoms with E-state index in [1.165, 1.54) is 5.70 Å². The lowest BCUT2D eigenvalue weighted by atomic mass is 10.1. The van der Waals surface area contributed by atoms with Gasteiger partial charge in [-0.1, -0.05) is 41.6 Å². The molecule has 16 heavy (non-hydrogen) atoms. The molecule has 1 aromatic carbocycles. The standard InChI is InChI=1S/C11H9ClN2S.BrH/c12-9-4-2-1-3-8(9)10-7-15-11-13-5-6-14(10)11;/h1-4,7H,5-6H2;1H. The van der Waals surface area contributed by atoms with Gasteiger partial charge in [-0.25, -0.2) is 0 Å². The summed E-state index contributed by atoms with van der Waals surface area (Å²) in [5, 5.41) is 4.03. The maximum absolute atomic E-state index is 6.18. The van der Waals surface area contributed by atoms with Gasteiger partial charge in [0.2, 0.25) is 0 Å². The Labute approximate surface area is 114 Å². The van der Waals surface area contributed by atoms with Gasteiger partial charge in [-0.3, -0.25) is 4.99 Å². The average Bonchev–Trinajstić information content (AvgIpc) is 2.80. The summed E-state index contributed by atoms with van der Waals surface area (Å²) in [5.74, 6) is 0. The van der Waals surface area contributed by atoms with E-state index in [4.69, 9.17) is 11.6 Å². The summed E-state index contributed by atoms with van der Waals surface area (Å²) in [6.07, 6.45) is 0. The van der Waals surface area contributed by atoms with Crippen molar-refractivity contribution in [1.82, 2.24) is 4.90 Å². The number of amidine groups is 1. The van der Waals surface area contributed by atoms with Crippen molar-refractivity contribution in [2.75, 3.05) is 13.1 Å². The molecule has 5 heteroatoms. The Morgan fingerprint density at radius 1 is 1.31 bits per heavy atom. The zero-order chi connectivity index (χ0) is 10.3. The molecule has 84 valence electrons. The normalized spacial score (nSPS) is 17.7. The molecule has 3 rings (SSSR count). The first-order valence-electron chi connectivity index (χ1n) is 4.80. The Balaban J connectivity index is 0.000000963. The minimum absolute atomic E-state index is 0. The van der Waals surface area contributed by atoms with Crippen molar-refractivity contribution < 1.29 is 0 Å². The molecule has 0 aliphatic carbocycles. The number of nitrogens with zero attached hydrogens (tertiary/aromatic N) is 2. The third kappa shape index (κ3) is 1.90. The summed E-state index contributed by atoms with van der Waals surface area (Å²) in [4.78, 5) is 6.64. The monoisotopic (exact) mass is 316 g/mol. The summed E-state index contributed by atoms with van der Waals surface area (Å²) < 4.78 is 0. The lowest BCUT2D eigenvalue weighted by Gasteiger charge is -2.17. The van der Waals surface area contributed by atoms with Crippen LogP contribution < -0.4 is 0 Å². The molecule has 0 fully saturated rings. The Kier molecular flexibility index (Phi) is 3.62. The highest BCUT2D eigenvalue weighted by Crippen LogP contribution is 2.37.